The minimum absolute atomic E-state index is 0.0851. The quantitative estimate of drug-likeness (QED) is 0.570. The van der Waals surface area contributed by atoms with Crippen molar-refractivity contribution in [1.82, 2.24) is 10.6 Å². The molecule has 7 heteroatoms. The molecule has 0 aliphatic heterocycles. The third-order valence-corrected chi connectivity index (χ3v) is 6.64. The van der Waals surface area contributed by atoms with Crippen LogP contribution in [0.5, 0.6) is 0 Å². The summed E-state index contributed by atoms with van der Waals surface area (Å²) < 4.78 is 0. The van der Waals surface area contributed by atoms with Crippen molar-refractivity contribution in [3.8, 4) is 0 Å². The van der Waals surface area contributed by atoms with Gasteiger partial charge >= 0.3 is 0 Å². The number of amides is 3. The van der Waals surface area contributed by atoms with Crippen LogP contribution in [-0.2, 0) is 9.59 Å². The molecule has 0 saturated heterocycles. The van der Waals surface area contributed by atoms with E-state index < -0.39 is 0 Å². The molecule has 2 N–H and O–H groups in total. The maximum absolute atomic E-state index is 13.2. The lowest BCUT2D eigenvalue weighted by Crippen LogP contribution is -2.47. The second-order valence-electron chi connectivity index (χ2n) is 8.04. The highest BCUT2D eigenvalue weighted by molar-refractivity contribution is 7.12. The molecule has 0 bridgehead atoms. The normalized spacial score (nSPS) is 14.1. The van der Waals surface area contributed by atoms with Gasteiger partial charge in [0.15, 0.2) is 0 Å². The summed E-state index contributed by atoms with van der Waals surface area (Å²) in [5, 5.41) is 9.46. The molecule has 1 fully saturated rings. The Morgan fingerprint density at radius 1 is 0.938 bits per heavy atom. The van der Waals surface area contributed by atoms with E-state index in [0.717, 1.165) is 36.5 Å². The van der Waals surface area contributed by atoms with Gasteiger partial charge < -0.3 is 15.5 Å². The van der Waals surface area contributed by atoms with Gasteiger partial charge in [-0.25, -0.2) is 0 Å². The number of anilines is 1. The van der Waals surface area contributed by atoms with Crippen molar-refractivity contribution in [2.24, 2.45) is 0 Å². The molecule has 0 atom stereocenters. The molecule has 2 aromatic carbocycles. The van der Waals surface area contributed by atoms with Gasteiger partial charge in [0.1, 0.15) is 6.54 Å². The second-order valence-corrected chi connectivity index (χ2v) is 8.99. The number of nitrogens with zero attached hydrogens (tertiary/aromatic N) is 1. The van der Waals surface area contributed by atoms with E-state index in [1.807, 2.05) is 47.8 Å². The number of carbonyl (C=O) groups excluding carboxylic acids is 3. The fraction of sp³-hybridized carbons (Fsp3) is 0.320. The fourth-order valence-corrected chi connectivity index (χ4v) is 4.80. The highest BCUT2D eigenvalue weighted by Crippen LogP contribution is 2.27. The molecule has 3 amide bonds. The predicted octanol–water partition coefficient (Wildman–Crippen LogP) is 4.11. The van der Waals surface area contributed by atoms with Crippen LogP contribution in [0.25, 0.3) is 10.8 Å². The third-order valence-electron chi connectivity index (χ3n) is 5.78. The van der Waals surface area contributed by atoms with Crippen LogP contribution in [-0.4, -0.2) is 36.9 Å². The summed E-state index contributed by atoms with van der Waals surface area (Å²) in [5.41, 5.74) is 0.664. The summed E-state index contributed by atoms with van der Waals surface area (Å²) in [5.74, 6) is -0.800. The summed E-state index contributed by atoms with van der Waals surface area (Å²) in [6.07, 6.45) is 5.39. The molecular weight excluding hydrogens is 422 g/mol. The zero-order valence-corrected chi connectivity index (χ0v) is 18.7. The first-order chi connectivity index (χ1) is 15.6. The molecular formula is C25H27N3O3S. The number of hydrogen-bond acceptors (Lipinski definition) is 4. The second kappa shape index (κ2) is 10.4. The van der Waals surface area contributed by atoms with Gasteiger partial charge in [0.05, 0.1) is 17.1 Å². The molecule has 1 aliphatic rings. The molecule has 1 aliphatic carbocycles. The Hall–Kier alpha value is -3.19. The zero-order chi connectivity index (χ0) is 22.3. The topological polar surface area (TPSA) is 78.5 Å². The zero-order valence-electron chi connectivity index (χ0n) is 17.9. The number of hydrogen-bond donors (Lipinski definition) is 2. The van der Waals surface area contributed by atoms with E-state index in [1.54, 1.807) is 12.1 Å². The van der Waals surface area contributed by atoms with Crippen LogP contribution < -0.4 is 15.5 Å². The van der Waals surface area contributed by atoms with Crippen LogP contribution in [0.1, 0.15) is 41.8 Å². The van der Waals surface area contributed by atoms with Crippen molar-refractivity contribution < 1.29 is 14.4 Å². The highest BCUT2D eigenvalue weighted by atomic mass is 32.1. The van der Waals surface area contributed by atoms with Crippen molar-refractivity contribution in [3.05, 3.63) is 64.9 Å². The van der Waals surface area contributed by atoms with Crippen molar-refractivity contribution in [1.29, 1.82) is 0 Å². The summed E-state index contributed by atoms with van der Waals surface area (Å²) in [6.45, 7) is -0.269. The number of benzene rings is 2. The monoisotopic (exact) mass is 449 g/mol. The Labute approximate surface area is 191 Å². The Bertz CT molecular complexity index is 1090. The van der Waals surface area contributed by atoms with Gasteiger partial charge in [-0.05, 0) is 35.7 Å². The molecule has 1 heterocycles. The fourth-order valence-electron chi connectivity index (χ4n) is 4.16. The molecule has 0 spiro atoms. The molecule has 166 valence electrons. The average Bonchev–Trinajstić information content (AvgIpc) is 3.36. The van der Waals surface area contributed by atoms with E-state index in [0.29, 0.717) is 10.6 Å². The van der Waals surface area contributed by atoms with E-state index in [4.69, 9.17) is 0 Å². The van der Waals surface area contributed by atoms with Gasteiger partial charge in [-0.1, -0.05) is 61.7 Å². The van der Waals surface area contributed by atoms with Gasteiger partial charge in [0.25, 0.3) is 5.91 Å². The minimum Gasteiger partial charge on any atom is -0.352 e. The Kier molecular flexibility index (Phi) is 7.17. The van der Waals surface area contributed by atoms with E-state index in [2.05, 4.69) is 10.6 Å². The number of carbonyl (C=O) groups is 3. The molecule has 32 heavy (non-hydrogen) atoms. The molecule has 0 unspecified atom stereocenters. The van der Waals surface area contributed by atoms with E-state index in [1.165, 1.54) is 22.7 Å². The smallest absolute Gasteiger partial charge is 0.261 e. The summed E-state index contributed by atoms with van der Waals surface area (Å²) in [6, 6.07) is 17.1. The van der Waals surface area contributed by atoms with Crippen molar-refractivity contribution in [2.45, 2.75) is 38.1 Å². The number of thiophene rings is 1. The van der Waals surface area contributed by atoms with E-state index in [9.17, 15) is 14.4 Å². The first-order valence-electron chi connectivity index (χ1n) is 11.0. The number of rotatable bonds is 7. The van der Waals surface area contributed by atoms with E-state index in [-0.39, 0.29) is 36.9 Å². The maximum atomic E-state index is 13.2. The molecule has 1 saturated carbocycles. The Balaban J connectivity index is 1.53. The summed E-state index contributed by atoms with van der Waals surface area (Å²) >= 11 is 1.32. The van der Waals surface area contributed by atoms with Crippen LogP contribution in [0, 0.1) is 0 Å². The van der Waals surface area contributed by atoms with Gasteiger partial charge in [-0.3, -0.25) is 14.4 Å². The lowest BCUT2D eigenvalue weighted by molar-refractivity contribution is -0.124. The molecule has 6 nitrogen and oxygen atoms in total. The van der Waals surface area contributed by atoms with E-state index >= 15 is 0 Å². The predicted molar refractivity (Wildman–Crippen MR) is 128 cm³/mol. The van der Waals surface area contributed by atoms with Crippen molar-refractivity contribution >= 4 is 45.5 Å². The number of nitrogens with one attached hydrogen (secondary N) is 2. The lowest BCUT2D eigenvalue weighted by atomic mass is 9.95. The largest absolute Gasteiger partial charge is 0.352 e. The van der Waals surface area contributed by atoms with Gasteiger partial charge in [-0.15, -0.1) is 11.3 Å². The summed E-state index contributed by atoms with van der Waals surface area (Å²) in [4.78, 5) is 40.4. The Morgan fingerprint density at radius 2 is 1.72 bits per heavy atom. The van der Waals surface area contributed by atoms with Gasteiger partial charge in [0.2, 0.25) is 11.8 Å². The molecule has 0 radical (unpaired) electrons. The molecule has 4 rings (SSSR count). The standard InChI is InChI=1S/C25H27N3O3S/c29-23(27-19-10-2-1-3-11-19)17-28(21-13-6-9-18-8-4-5-12-20(18)21)24(30)16-26-25(31)22-14-7-15-32-22/h4-9,12-15,19H,1-3,10-11,16-17H2,(H,26,31)(H,27,29). The first kappa shape index (κ1) is 22.0. The van der Waals surface area contributed by atoms with Crippen LogP contribution in [0.15, 0.2) is 60.0 Å². The maximum Gasteiger partial charge on any atom is 0.261 e. The summed E-state index contributed by atoms with van der Waals surface area (Å²) in [7, 11) is 0. The minimum atomic E-state index is -0.329. The van der Waals surface area contributed by atoms with Crippen molar-refractivity contribution in [2.75, 3.05) is 18.0 Å². The molecule has 3 aromatic rings. The first-order valence-corrected chi connectivity index (χ1v) is 11.9. The van der Waals surface area contributed by atoms with Crippen LogP contribution >= 0.6 is 11.3 Å². The number of fused-ring (bicyclic) bond motifs is 1. The SMILES string of the molecule is O=C(CN(C(=O)CNC(=O)c1cccs1)c1cccc2ccccc12)NC1CCCCC1. The third kappa shape index (κ3) is 5.34. The van der Waals surface area contributed by atoms with Crippen LogP contribution in [0.4, 0.5) is 5.69 Å². The molecule has 1 aromatic heterocycles. The lowest BCUT2D eigenvalue weighted by Gasteiger charge is -2.27. The van der Waals surface area contributed by atoms with Gasteiger partial charge in [0, 0.05) is 11.4 Å². The van der Waals surface area contributed by atoms with Crippen molar-refractivity contribution in [3.63, 3.8) is 0 Å². The highest BCUT2D eigenvalue weighted by Gasteiger charge is 2.23. The van der Waals surface area contributed by atoms with Crippen LogP contribution in [0.3, 0.4) is 0 Å². The van der Waals surface area contributed by atoms with Crippen LogP contribution in [0.2, 0.25) is 0 Å². The average molecular weight is 450 g/mol. The van der Waals surface area contributed by atoms with Gasteiger partial charge in [-0.2, -0.15) is 0 Å². The Morgan fingerprint density at radius 3 is 2.50 bits per heavy atom.